The predicted molar refractivity (Wildman–Crippen MR) is 67.0 cm³/mol. The zero-order valence-corrected chi connectivity index (χ0v) is 10.9. The van der Waals surface area contributed by atoms with Gasteiger partial charge in [-0.15, -0.1) is 0 Å². The van der Waals surface area contributed by atoms with Gasteiger partial charge in [0.05, 0.1) is 24.6 Å². The molecular formula is C14H16F3NO2. The van der Waals surface area contributed by atoms with Gasteiger partial charge >= 0.3 is 6.18 Å². The fourth-order valence-electron chi connectivity index (χ4n) is 2.49. The van der Waals surface area contributed by atoms with Gasteiger partial charge in [0.15, 0.2) is 0 Å². The third kappa shape index (κ3) is 3.30. The van der Waals surface area contributed by atoms with Crippen molar-refractivity contribution in [3.63, 3.8) is 0 Å². The second-order valence-corrected chi connectivity index (χ2v) is 4.94. The summed E-state index contributed by atoms with van der Waals surface area (Å²) in [6, 6.07) is 4.60. The Bertz CT molecular complexity index is 488. The second kappa shape index (κ2) is 5.83. The van der Waals surface area contributed by atoms with E-state index < -0.39 is 11.7 Å². The minimum atomic E-state index is -4.40. The van der Waals surface area contributed by atoms with Crippen LogP contribution in [0.1, 0.15) is 24.0 Å². The molecule has 1 fully saturated rings. The van der Waals surface area contributed by atoms with Gasteiger partial charge in [0, 0.05) is 6.54 Å². The van der Waals surface area contributed by atoms with Crippen LogP contribution < -0.4 is 0 Å². The van der Waals surface area contributed by atoms with Crippen molar-refractivity contribution in [2.24, 2.45) is 0 Å². The molecule has 0 aliphatic carbocycles. The molecule has 1 heterocycles. The van der Waals surface area contributed by atoms with Crippen LogP contribution in [0, 0.1) is 0 Å². The second-order valence-electron chi connectivity index (χ2n) is 4.94. The van der Waals surface area contributed by atoms with Crippen molar-refractivity contribution in [2.45, 2.75) is 31.5 Å². The Morgan fingerprint density at radius 2 is 2.15 bits per heavy atom. The summed E-state index contributed by atoms with van der Waals surface area (Å²) in [7, 11) is 0. The first-order chi connectivity index (χ1) is 9.41. The van der Waals surface area contributed by atoms with E-state index in [1.165, 1.54) is 12.1 Å². The monoisotopic (exact) mass is 287 g/mol. The van der Waals surface area contributed by atoms with Crippen LogP contribution in [-0.4, -0.2) is 35.1 Å². The number of nitrogens with zero attached hydrogens (tertiary/aromatic N) is 1. The lowest BCUT2D eigenvalue weighted by atomic mass is 10.1. The summed E-state index contributed by atoms with van der Waals surface area (Å²) in [4.78, 5) is 13.6. The number of hydrogen-bond acceptors (Lipinski definition) is 2. The molecule has 1 aromatic rings. The van der Waals surface area contributed by atoms with Crippen molar-refractivity contribution in [3.8, 4) is 0 Å². The van der Waals surface area contributed by atoms with Crippen LogP contribution in [0.4, 0.5) is 13.2 Å². The van der Waals surface area contributed by atoms with Crippen LogP contribution in [0.3, 0.4) is 0 Å². The van der Waals surface area contributed by atoms with Gasteiger partial charge in [-0.3, -0.25) is 4.79 Å². The SMILES string of the molecule is O=C(Cc1cccc(C(F)(F)F)c1)N1CCCC1CO. The van der Waals surface area contributed by atoms with Crippen LogP contribution in [-0.2, 0) is 17.4 Å². The van der Waals surface area contributed by atoms with Crippen LogP contribution in [0.15, 0.2) is 24.3 Å². The summed E-state index contributed by atoms with van der Waals surface area (Å²) in [6.07, 6.45) is -2.91. The molecule has 1 N–H and O–H groups in total. The molecule has 1 aromatic carbocycles. The number of likely N-dealkylation sites (tertiary alicyclic amines) is 1. The lowest BCUT2D eigenvalue weighted by molar-refractivity contribution is -0.138. The molecule has 1 aliphatic heterocycles. The molecule has 1 saturated heterocycles. The van der Waals surface area contributed by atoms with Gasteiger partial charge in [0.2, 0.25) is 5.91 Å². The highest BCUT2D eigenvalue weighted by Gasteiger charge is 2.31. The van der Waals surface area contributed by atoms with Crippen molar-refractivity contribution >= 4 is 5.91 Å². The lowest BCUT2D eigenvalue weighted by Crippen LogP contribution is -2.38. The number of halogens is 3. The van der Waals surface area contributed by atoms with Crippen molar-refractivity contribution in [1.29, 1.82) is 0 Å². The largest absolute Gasteiger partial charge is 0.416 e. The Morgan fingerprint density at radius 1 is 1.40 bits per heavy atom. The molecule has 1 amide bonds. The number of aliphatic hydroxyl groups is 1. The molecule has 0 saturated carbocycles. The summed E-state index contributed by atoms with van der Waals surface area (Å²) in [6.45, 7) is 0.456. The summed E-state index contributed by atoms with van der Waals surface area (Å²) in [5.41, 5.74) is -0.406. The molecule has 1 unspecified atom stereocenters. The van der Waals surface area contributed by atoms with E-state index in [1.807, 2.05) is 0 Å². The Balaban J connectivity index is 2.08. The molecule has 0 spiro atoms. The average molecular weight is 287 g/mol. The summed E-state index contributed by atoms with van der Waals surface area (Å²) < 4.78 is 37.8. The maximum absolute atomic E-state index is 12.6. The van der Waals surface area contributed by atoms with Crippen LogP contribution in [0.25, 0.3) is 0 Å². The first-order valence-corrected chi connectivity index (χ1v) is 6.48. The molecular weight excluding hydrogens is 271 g/mol. The average Bonchev–Trinajstić information content (AvgIpc) is 2.86. The van der Waals surface area contributed by atoms with Gasteiger partial charge < -0.3 is 10.0 Å². The van der Waals surface area contributed by atoms with Gasteiger partial charge in [-0.25, -0.2) is 0 Å². The first kappa shape index (κ1) is 14.8. The number of carbonyl (C=O) groups is 1. The first-order valence-electron chi connectivity index (χ1n) is 6.48. The zero-order chi connectivity index (χ0) is 14.8. The molecule has 0 radical (unpaired) electrons. The molecule has 20 heavy (non-hydrogen) atoms. The highest BCUT2D eigenvalue weighted by atomic mass is 19.4. The third-order valence-corrected chi connectivity index (χ3v) is 3.52. The Hall–Kier alpha value is -1.56. The fraction of sp³-hybridized carbons (Fsp3) is 0.500. The number of carbonyl (C=O) groups excluding carboxylic acids is 1. The zero-order valence-electron chi connectivity index (χ0n) is 10.9. The molecule has 1 atom stereocenters. The predicted octanol–water partition coefficient (Wildman–Crippen LogP) is 2.23. The number of aliphatic hydroxyl groups excluding tert-OH is 1. The van der Waals surface area contributed by atoms with E-state index in [1.54, 1.807) is 4.90 Å². The summed E-state index contributed by atoms with van der Waals surface area (Å²) in [5.74, 6) is -0.235. The van der Waals surface area contributed by atoms with Crippen molar-refractivity contribution in [2.75, 3.05) is 13.2 Å². The van der Waals surface area contributed by atoms with E-state index in [0.717, 1.165) is 25.0 Å². The van der Waals surface area contributed by atoms with Crippen LogP contribution >= 0.6 is 0 Å². The number of benzene rings is 1. The van der Waals surface area contributed by atoms with Gasteiger partial charge in [-0.1, -0.05) is 18.2 Å². The number of hydrogen-bond donors (Lipinski definition) is 1. The maximum atomic E-state index is 12.6. The van der Waals surface area contributed by atoms with Gasteiger partial charge in [0.25, 0.3) is 0 Å². The molecule has 0 bridgehead atoms. The van der Waals surface area contributed by atoms with Crippen molar-refractivity contribution < 1.29 is 23.1 Å². The van der Waals surface area contributed by atoms with E-state index in [2.05, 4.69) is 0 Å². The molecule has 1 aliphatic rings. The van der Waals surface area contributed by atoms with Crippen molar-refractivity contribution in [3.05, 3.63) is 35.4 Å². The van der Waals surface area contributed by atoms with E-state index >= 15 is 0 Å². The van der Waals surface area contributed by atoms with E-state index in [4.69, 9.17) is 5.11 Å². The fourth-order valence-corrected chi connectivity index (χ4v) is 2.49. The molecule has 6 heteroatoms. The smallest absolute Gasteiger partial charge is 0.394 e. The minimum absolute atomic E-state index is 0.0690. The number of alkyl halides is 3. The molecule has 2 rings (SSSR count). The summed E-state index contributed by atoms with van der Waals surface area (Å²) in [5, 5.41) is 9.16. The lowest BCUT2D eigenvalue weighted by Gasteiger charge is -2.23. The minimum Gasteiger partial charge on any atom is -0.394 e. The maximum Gasteiger partial charge on any atom is 0.416 e. The number of rotatable bonds is 3. The van der Waals surface area contributed by atoms with E-state index in [9.17, 15) is 18.0 Å². The standard InChI is InChI=1S/C14H16F3NO2/c15-14(16,17)11-4-1-3-10(7-11)8-13(20)18-6-2-5-12(18)9-19/h1,3-4,7,12,19H,2,5-6,8-9H2. The van der Waals surface area contributed by atoms with Crippen LogP contribution in [0.5, 0.6) is 0 Å². The Kier molecular flexibility index (Phi) is 4.32. The highest BCUT2D eigenvalue weighted by molar-refractivity contribution is 5.79. The van der Waals surface area contributed by atoms with E-state index in [-0.39, 0.29) is 25.0 Å². The van der Waals surface area contributed by atoms with Crippen molar-refractivity contribution in [1.82, 2.24) is 4.90 Å². The summed E-state index contributed by atoms with van der Waals surface area (Å²) >= 11 is 0. The molecule has 110 valence electrons. The van der Waals surface area contributed by atoms with Gasteiger partial charge in [-0.2, -0.15) is 13.2 Å². The Labute approximate surface area is 115 Å². The quantitative estimate of drug-likeness (QED) is 0.926. The molecule has 3 nitrogen and oxygen atoms in total. The molecule has 0 aromatic heterocycles. The topological polar surface area (TPSA) is 40.5 Å². The normalized spacial score (nSPS) is 19.4. The van der Waals surface area contributed by atoms with E-state index in [0.29, 0.717) is 12.1 Å². The Morgan fingerprint density at radius 3 is 2.80 bits per heavy atom. The number of amides is 1. The third-order valence-electron chi connectivity index (χ3n) is 3.52. The highest BCUT2D eigenvalue weighted by Crippen LogP contribution is 2.29. The van der Waals surface area contributed by atoms with Gasteiger partial charge in [-0.05, 0) is 24.5 Å². The van der Waals surface area contributed by atoms with Gasteiger partial charge in [0.1, 0.15) is 0 Å². The van der Waals surface area contributed by atoms with Crippen LogP contribution in [0.2, 0.25) is 0 Å².